The van der Waals surface area contributed by atoms with E-state index in [1.54, 1.807) is 31.4 Å². The molecular weight excluding hydrogens is 384 g/mol. The maximum absolute atomic E-state index is 12.5. The van der Waals surface area contributed by atoms with Gasteiger partial charge in [-0.3, -0.25) is 4.79 Å². The highest BCUT2D eigenvalue weighted by Crippen LogP contribution is 2.39. The van der Waals surface area contributed by atoms with Crippen LogP contribution in [0.2, 0.25) is 0 Å². The van der Waals surface area contributed by atoms with E-state index >= 15 is 0 Å². The summed E-state index contributed by atoms with van der Waals surface area (Å²) in [5.74, 6) is 1.24. The lowest BCUT2D eigenvalue weighted by Gasteiger charge is -2.12. The number of allylic oxidation sites excluding steroid dienone is 1. The van der Waals surface area contributed by atoms with Crippen molar-refractivity contribution >= 4 is 27.8 Å². The van der Waals surface area contributed by atoms with Gasteiger partial charge in [-0.2, -0.15) is 0 Å². The number of hydrogen-bond acceptors (Lipinski definition) is 4. The Morgan fingerprint density at radius 3 is 2.84 bits per heavy atom. The summed E-state index contributed by atoms with van der Waals surface area (Å²) >= 11 is 3.48. The van der Waals surface area contributed by atoms with Crippen LogP contribution in [-0.2, 0) is 6.42 Å². The third kappa shape index (κ3) is 3.33. The summed E-state index contributed by atoms with van der Waals surface area (Å²) in [4.78, 5) is 12.5. The van der Waals surface area contributed by atoms with Gasteiger partial charge in [-0.05, 0) is 45.8 Å². The van der Waals surface area contributed by atoms with Gasteiger partial charge in [0.15, 0.2) is 17.3 Å². The van der Waals surface area contributed by atoms with Crippen molar-refractivity contribution < 1.29 is 19.4 Å². The van der Waals surface area contributed by atoms with Crippen molar-refractivity contribution in [2.24, 2.45) is 0 Å². The van der Waals surface area contributed by atoms with Crippen molar-refractivity contribution in [3.8, 4) is 17.2 Å². The number of ketones is 1. The molecule has 0 radical (unpaired) electrons. The van der Waals surface area contributed by atoms with E-state index in [-0.39, 0.29) is 11.5 Å². The monoisotopic (exact) mass is 400 g/mol. The van der Waals surface area contributed by atoms with Gasteiger partial charge in [-0.15, -0.1) is 0 Å². The van der Waals surface area contributed by atoms with Crippen LogP contribution in [0.15, 0.2) is 53.0 Å². The molecule has 0 saturated carbocycles. The van der Waals surface area contributed by atoms with Crippen LogP contribution in [-0.4, -0.2) is 24.6 Å². The average molecular weight is 401 g/mol. The van der Waals surface area contributed by atoms with Crippen molar-refractivity contribution in [1.82, 2.24) is 0 Å². The predicted molar refractivity (Wildman–Crippen MR) is 101 cm³/mol. The maximum Gasteiger partial charge on any atom is 0.189 e. The highest BCUT2D eigenvalue weighted by molar-refractivity contribution is 9.10. The summed E-state index contributed by atoms with van der Waals surface area (Å²) in [6, 6.07) is 8.69. The molecule has 0 heterocycles. The predicted octanol–water partition coefficient (Wildman–Crippen LogP) is 4.55. The van der Waals surface area contributed by atoms with E-state index in [1.165, 1.54) is 0 Å². The summed E-state index contributed by atoms with van der Waals surface area (Å²) in [5, 5.41) is 9.95. The lowest BCUT2D eigenvalue weighted by atomic mass is 10.1. The molecule has 0 atom stereocenters. The molecule has 1 N–H and O–H groups in total. The van der Waals surface area contributed by atoms with Gasteiger partial charge in [0, 0.05) is 23.1 Å². The van der Waals surface area contributed by atoms with Gasteiger partial charge in [0.1, 0.15) is 12.4 Å². The molecule has 128 valence electrons. The summed E-state index contributed by atoms with van der Waals surface area (Å²) in [7, 11) is 1.56. The van der Waals surface area contributed by atoms with Crippen molar-refractivity contribution in [2.75, 3.05) is 13.7 Å². The number of benzene rings is 2. The lowest BCUT2D eigenvalue weighted by molar-refractivity contribution is 0.104. The fourth-order valence-corrected chi connectivity index (χ4v) is 3.41. The minimum Gasteiger partial charge on any atom is -0.508 e. The van der Waals surface area contributed by atoms with Crippen molar-refractivity contribution in [3.63, 3.8) is 0 Å². The minimum absolute atomic E-state index is 0.0621. The fourth-order valence-electron chi connectivity index (χ4n) is 2.84. The number of methoxy groups -OCH3 is 1. The van der Waals surface area contributed by atoms with Crippen molar-refractivity contribution in [3.05, 3.63) is 69.7 Å². The summed E-state index contributed by atoms with van der Waals surface area (Å²) in [6.45, 7) is 4.00. The van der Waals surface area contributed by atoms with Crippen LogP contribution >= 0.6 is 15.9 Å². The van der Waals surface area contributed by atoms with Crippen LogP contribution < -0.4 is 9.47 Å². The molecule has 0 unspecified atom stereocenters. The zero-order valence-electron chi connectivity index (χ0n) is 13.7. The van der Waals surface area contributed by atoms with Crippen LogP contribution in [0.3, 0.4) is 0 Å². The second-order valence-corrected chi connectivity index (χ2v) is 6.47. The van der Waals surface area contributed by atoms with Crippen LogP contribution in [0.4, 0.5) is 0 Å². The molecule has 0 amide bonds. The number of fused-ring (bicyclic) bond motifs is 1. The van der Waals surface area contributed by atoms with Gasteiger partial charge in [0.25, 0.3) is 0 Å². The van der Waals surface area contributed by atoms with E-state index in [1.807, 2.05) is 18.2 Å². The van der Waals surface area contributed by atoms with E-state index in [0.717, 1.165) is 10.0 Å². The molecule has 0 saturated heterocycles. The number of aromatic hydroxyl groups is 1. The number of rotatable bonds is 5. The summed E-state index contributed by atoms with van der Waals surface area (Å²) < 4.78 is 11.7. The van der Waals surface area contributed by atoms with E-state index in [4.69, 9.17) is 9.47 Å². The third-order valence-electron chi connectivity index (χ3n) is 3.99. The van der Waals surface area contributed by atoms with E-state index in [9.17, 15) is 9.90 Å². The molecule has 0 aromatic heterocycles. The van der Waals surface area contributed by atoms with Crippen molar-refractivity contribution in [1.29, 1.82) is 0 Å². The molecule has 2 aromatic rings. The highest BCUT2D eigenvalue weighted by Gasteiger charge is 2.27. The third-order valence-corrected chi connectivity index (χ3v) is 4.58. The standard InChI is InChI=1S/C20H17BrO4/c1-3-7-25-20-16(21)9-12(10-18(20)24-2)8-13-11-15-14(19(13)23)5-4-6-17(15)22/h3-6,8-10,22H,1,7,11H2,2H3/b13-8+. The zero-order valence-corrected chi connectivity index (χ0v) is 15.3. The van der Waals surface area contributed by atoms with E-state index in [0.29, 0.717) is 41.2 Å². The Morgan fingerprint density at radius 1 is 1.36 bits per heavy atom. The Hall–Kier alpha value is -2.53. The van der Waals surface area contributed by atoms with Gasteiger partial charge in [-0.1, -0.05) is 24.8 Å². The maximum atomic E-state index is 12.5. The second-order valence-electron chi connectivity index (χ2n) is 5.61. The lowest BCUT2D eigenvalue weighted by Crippen LogP contribution is -1.98. The smallest absolute Gasteiger partial charge is 0.189 e. The second kappa shape index (κ2) is 7.15. The molecule has 1 aliphatic carbocycles. The van der Waals surface area contributed by atoms with Crippen LogP contribution in [0.5, 0.6) is 17.2 Å². The van der Waals surface area contributed by atoms with Gasteiger partial charge in [0.05, 0.1) is 11.6 Å². The molecule has 4 nitrogen and oxygen atoms in total. The molecule has 25 heavy (non-hydrogen) atoms. The Morgan fingerprint density at radius 2 is 2.16 bits per heavy atom. The topological polar surface area (TPSA) is 55.8 Å². The first-order chi connectivity index (χ1) is 12.0. The molecular formula is C20H17BrO4. The number of carbonyl (C=O) groups is 1. The fraction of sp³-hybridized carbons (Fsp3) is 0.150. The average Bonchev–Trinajstić information content (AvgIpc) is 2.91. The number of carbonyl (C=O) groups excluding carboxylic acids is 1. The number of halogens is 1. The largest absolute Gasteiger partial charge is 0.508 e. The van der Waals surface area contributed by atoms with Gasteiger partial charge >= 0.3 is 0 Å². The number of Topliss-reactive ketones (excluding diaryl/α,β-unsaturated/α-hetero) is 1. The summed E-state index contributed by atoms with van der Waals surface area (Å²) in [6.07, 6.45) is 3.88. The first kappa shape index (κ1) is 17.3. The molecule has 0 bridgehead atoms. The van der Waals surface area contributed by atoms with Gasteiger partial charge < -0.3 is 14.6 Å². The molecule has 1 aliphatic rings. The summed E-state index contributed by atoms with van der Waals surface area (Å²) in [5.41, 5.74) is 2.68. The zero-order chi connectivity index (χ0) is 18.0. The molecule has 2 aromatic carbocycles. The number of phenolic OH excluding ortho intramolecular Hbond substituents is 1. The van der Waals surface area contributed by atoms with Crippen LogP contribution in [0.1, 0.15) is 21.5 Å². The number of hydrogen-bond donors (Lipinski definition) is 1. The Kier molecular flexibility index (Phi) is 4.95. The number of phenols is 1. The first-order valence-electron chi connectivity index (χ1n) is 7.72. The molecule has 0 fully saturated rings. The molecule has 0 spiro atoms. The van der Waals surface area contributed by atoms with E-state index < -0.39 is 0 Å². The molecule has 3 rings (SSSR count). The van der Waals surface area contributed by atoms with Crippen LogP contribution in [0, 0.1) is 0 Å². The van der Waals surface area contributed by atoms with Crippen LogP contribution in [0.25, 0.3) is 6.08 Å². The first-order valence-corrected chi connectivity index (χ1v) is 8.51. The van der Waals surface area contributed by atoms with Gasteiger partial charge in [-0.25, -0.2) is 0 Å². The Balaban J connectivity index is 1.97. The quantitative estimate of drug-likeness (QED) is 0.590. The highest BCUT2D eigenvalue weighted by atomic mass is 79.9. The molecule has 0 aliphatic heterocycles. The molecule has 5 heteroatoms. The number of ether oxygens (including phenoxy) is 2. The van der Waals surface area contributed by atoms with Gasteiger partial charge in [0.2, 0.25) is 0 Å². The minimum atomic E-state index is -0.0621. The normalized spacial score (nSPS) is 14.5. The van der Waals surface area contributed by atoms with Crippen molar-refractivity contribution in [2.45, 2.75) is 6.42 Å². The Bertz CT molecular complexity index is 884. The Labute approximate surface area is 154 Å². The van der Waals surface area contributed by atoms with E-state index in [2.05, 4.69) is 22.5 Å². The SMILES string of the molecule is C=CCOc1c(Br)cc(/C=C2\Cc3c(O)cccc3C2=O)cc1OC.